The quantitative estimate of drug-likeness (QED) is 0.743. The van der Waals surface area contributed by atoms with Crippen molar-refractivity contribution in [3.8, 4) is 0 Å². The molecule has 0 bridgehead atoms. The maximum Gasteiger partial charge on any atom is 0.0927 e. The molecule has 0 saturated heterocycles. The molecule has 2 heteroatoms. The third-order valence-electron chi connectivity index (χ3n) is 4.25. The van der Waals surface area contributed by atoms with E-state index in [1.165, 1.54) is 21.8 Å². The van der Waals surface area contributed by atoms with Crippen LogP contribution in [0.2, 0.25) is 0 Å². The Morgan fingerprint density at radius 3 is 1.68 bits per heavy atom. The molecular weight excluding hydrogens is 232 g/mol. The Labute approximate surface area is 113 Å². The highest BCUT2D eigenvalue weighted by Crippen LogP contribution is 2.34. The molecule has 3 aromatic rings. The molecule has 0 saturated carbocycles. The van der Waals surface area contributed by atoms with Crippen LogP contribution in [-0.4, -0.2) is 4.57 Å². The second-order valence-corrected chi connectivity index (χ2v) is 5.18. The highest BCUT2D eigenvalue weighted by molar-refractivity contribution is 6.08. The molecule has 0 unspecified atom stereocenters. The third-order valence-corrected chi connectivity index (χ3v) is 4.25. The minimum absolute atomic E-state index is 0.317. The Morgan fingerprint density at radius 1 is 0.842 bits per heavy atom. The van der Waals surface area contributed by atoms with Crippen molar-refractivity contribution in [2.45, 2.75) is 32.4 Å². The number of rotatable bonds is 3. The average Bonchev–Trinajstić information content (AvgIpc) is 2.82. The SMILES string of the molecule is CCC(N)(CC)n1c2ccccc2c2ccccc21. The Kier molecular flexibility index (Phi) is 2.83. The van der Waals surface area contributed by atoms with Crippen LogP contribution in [0.25, 0.3) is 21.8 Å². The second kappa shape index (κ2) is 4.39. The molecule has 98 valence electrons. The van der Waals surface area contributed by atoms with Gasteiger partial charge >= 0.3 is 0 Å². The van der Waals surface area contributed by atoms with Gasteiger partial charge in [0.05, 0.1) is 16.7 Å². The summed E-state index contributed by atoms with van der Waals surface area (Å²) in [5, 5.41) is 2.57. The smallest absolute Gasteiger partial charge is 0.0927 e. The number of hydrogen-bond acceptors (Lipinski definition) is 1. The van der Waals surface area contributed by atoms with Crippen LogP contribution < -0.4 is 5.73 Å². The van der Waals surface area contributed by atoms with Gasteiger partial charge in [-0.15, -0.1) is 0 Å². The molecule has 1 heterocycles. The topological polar surface area (TPSA) is 30.9 Å². The molecule has 3 rings (SSSR count). The number of nitrogens with zero attached hydrogens (tertiary/aromatic N) is 1. The van der Waals surface area contributed by atoms with Crippen LogP contribution >= 0.6 is 0 Å². The molecular formula is C17H20N2. The molecule has 0 aliphatic rings. The molecule has 0 spiro atoms. The van der Waals surface area contributed by atoms with Gasteiger partial charge in [-0.25, -0.2) is 0 Å². The lowest BCUT2D eigenvalue weighted by Crippen LogP contribution is -2.41. The molecule has 0 fully saturated rings. The number of hydrogen-bond donors (Lipinski definition) is 1. The van der Waals surface area contributed by atoms with Gasteiger partial charge in [-0.3, -0.25) is 0 Å². The van der Waals surface area contributed by atoms with Crippen LogP contribution in [0.1, 0.15) is 26.7 Å². The van der Waals surface area contributed by atoms with E-state index in [1.54, 1.807) is 0 Å². The largest absolute Gasteiger partial charge is 0.322 e. The molecule has 0 amide bonds. The van der Waals surface area contributed by atoms with Gasteiger partial charge in [0.25, 0.3) is 0 Å². The summed E-state index contributed by atoms with van der Waals surface area (Å²) in [7, 11) is 0. The molecule has 2 nitrogen and oxygen atoms in total. The van der Waals surface area contributed by atoms with E-state index < -0.39 is 0 Å². The van der Waals surface area contributed by atoms with Crippen molar-refractivity contribution in [2.75, 3.05) is 0 Å². The normalized spacial score (nSPS) is 12.4. The summed E-state index contributed by atoms with van der Waals surface area (Å²) in [6, 6.07) is 17.1. The number of aromatic nitrogens is 1. The lowest BCUT2D eigenvalue weighted by molar-refractivity contribution is 0.290. The zero-order chi connectivity index (χ0) is 13.5. The van der Waals surface area contributed by atoms with Crippen LogP contribution in [0, 0.1) is 0 Å². The predicted molar refractivity (Wildman–Crippen MR) is 82.2 cm³/mol. The molecule has 1 aromatic heterocycles. The maximum absolute atomic E-state index is 6.66. The van der Waals surface area contributed by atoms with Crippen molar-refractivity contribution >= 4 is 21.8 Å². The summed E-state index contributed by atoms with van der Waals surface area (Å²) in [4.78, 5) is 0. The molecule has 19 heavy (non-hydrogen) atoms. The molecule has 0 atom stereocenters. The van der Waals surface area contributed by atoms with Gasteiger partial charge in [-0.05, 0) is 25.0 Å². The van der Waals surface area contributed by atoms with E-state index in [1.807, 2.05) is 0 Å². The van der Waals surface area contributed by atoms with Crippen molar-refractivity contribution in [2.24, 2.45) is 5.73 Å². The highest BCUT2D eigenvalue weighted by Gasteiger charge is 2.26. The Morgan fingerprint density at radius 2 is 1.26 bits per heavy atom. The fraction of sp³-hybridized carbons (Fsp3) is 0.294. The summed E-state index contributed by atoms with van der Waals surface area (Å²) in [6.45, 7) is 4.32. The van der Waals surface area contributed by atoms with Crippen molar-refractivity contribution in [3.63, 3.8) is 0 Å². The number of fused-ring (bicyclic) bond motifs is 3. The third kappa shape index (κ3) is 1.67. The van der Waals surface area contributed by atoms with Gasteiger partial charge < -0.3 is 10.3 Å². The van der Waals surface area contributed by atoms with Crippen LogP contribution in [-0.2, 0) is 5.66 Å². The zero-order valence-electron chi connectivity index (χ0n) is 11.6. The lowest BCUT2D eigenvalue weighted by Gasteiger charge is -2.31. The van der Waals surface area contributed by atoms with Crippen LogP contribution in [0.5, 0.6) is 0 Å². The van der Waals surface area contributed by atoms with Crippen LogP contribution in [0.3, 0.4) is 0 Å². The fourth-order valence-corrected chi connectivity index (χ4v) is 2.97. The minimum atomic E-state index is -0.317. The number of para-hydroxylation sites is 2. The van der Waals surface area contributed by atoms with Crippen molar-refractivity contribution in [3.05, 3.63) is 48.5 Å². The van der Waals surface area contributed by atoms with Crippen molar-refractivity contribution < 1.29 is 0 Å². The molecule has 0 aliphatic carbocycles. The van der Waals surface area contributed by atoms with Gasteiger partial charge in [0.1, 0.15) is 0 Å². The molecule has 0 aliphatic heterocycles. The summed E-state index contributed by atoms with van der Waals surface area (Å²) < 4.78 is 2.32. The summed E-state index contributed by atoms with van der Waals surface area (Å²) in [5.74, 6) is 0. The van der Waals surface area contributed by atoms with Gasteiger partial charge in [-0.1, -0.05) is 50.2 Å². The summed E-state index contributed by atoms with van der Waals surface area (Å²) in [6.07, 6.45) is 1.85. The van der Waals surface area contributed by atoms with Crippen LogP contribution in [0.4, 0.5) is 0 Å². The zero-order valence-corrected chi connectivity index (χ0v) is 11.6. The van der Waals surface area contributed by atoms with Gasteiger partial charge in [0.2, 0.25) is 0 Å². The number of benzene rings is 2. The first kappa shape index (κ1) is 12.2. The van der Waals surface area contributed by atoms with Crippen molar-refractivity contribution in [1.29, 1.82) is 0 Å². The average molecular weight is 252 g/mol. The first-order valence-electron chi connectivity index (χ1n) is 6.99. The van der Waals surface area contributed by atoms with Gasteiger partial charge in [0.15, 0.2) is 0 Å². The van der Waals surface area contributed by atoms with Gasteiger partial charge in [0, 0.05) is 10.8 Å². The van der Waals surface area contributed by atoms with E-state index in [2.05, 4.69) is 66.9 Å². The van der Waals surface area contributed by atoms with E-state index >= 15 is 0 Å². The molecule has 2 aromatic carbocycles. The Bertz CT molecular complexity index is 667. The maximum atomic E-state index is 6.66. The standard InChI is InChI=1S/C17H20N2/c1-3-17(18,4-2)19-15-11-7-5-9-13(15)14-10-6-8-12-16(14)19/h5-12H,3-4,18H2,1-2H3. The lowest BCUT2D eigenvalue weighted by atomic mass is 10.0. The second-order valence-electron chi connectivity index (χ2n) is 5.18. The summed E-state index contributed by atoms with van der Waals surface area (Å²) in [5.41, 5.74) is 8.80. The highest BCUT2D eigenvalue weighted by atomic mass is 15.2. The van der Waals surface area contributed by atoms with E-state index in [4.69, 9.17) is 5.73 Å². The van der Waals surface area contributed by atoms with Gasteiger partial charge in [-0.2, -0.15) is 0 Å². The van der Waals surface area contributed by atoms with E-state index in [0.29, 0.717) is 0 Å². The minimum Gasteiger partial charge on any atom is -0.322 e. The molecule has 2 N–H and O–H groups in total. The Balaban J connectivity index is 2.50. The summed E-state index contributed by atoms with van der Waals surface area (Å²) >= 11 is 0. The monoisotopic (exact) mass is 252 g/mol. The number of nitrogens with two attached hydrogens (primary N) is 1. The predicted octanol–water partition coefficient (Wildman–Crippen LogP) is 4.23. The first-order chi connectivity index (χ1) is 9.21. The fourth-order valence-electron chi connectivity index (χ4n) is 2.97. The molecule has 0 radical (unpaired) electrons. The Hall–Kier alpha value is -1.80. The van der Waals surface area contributed by atoms with E-state index in [-0.39, 0.29) is 5.66 Å². The van der Waals surface area contributed by atoms with E-state index in [0.717, 1.165) is 12.8 Å². The van der Waals surface area contributed by atoms with Crippen molar-refractivity contribution in [1.82, 2.24) is 4.57 Å². The first-order valence-corrected chi connectivity index (χ1v) is 6.99. The van der Waals surface area contributed by atoms with E-state index in [9.17, 15) is 0 Å². The van der Waals surface area contributed by atoms with Crippen LogP contribution in [0.15, 0.2) is 48.5 Å².